The summed E-state index contributed by atoms with van der Waals surface area (Å²) < 4.78 is 65.1. The molecule has 2 unspecified atom stereocenters. The van der Waals surface area contributed by atoms with Crippen LogP contribution in [0.4, 0.5) is 28.8 Å². The molecular formula is C41H41ClF3N7O5S. The maximum atomic E-state index is 17.6. The lowest BCUT2D eigenvalue weighted by Gasteiger charge is -2.46. The Morgan fingerprint density at radius 1 is 1.14 bits per heavy atom. The monoisotopic (exact) mass is 835 g/mol. The van der Waals surface area contributed by atoms with Crippen LogP contribution in [-0.4, -0.2) is 94.2 Å². The molecule has 4 aromatic rings. The maximum absolute atomic E-state index is 17.6. The van der Waals surface area contributed by atoms with Crippen LogP contribution in [-0.2, 0) is 14.3 Å². The molecule has 2 bridgehead atoms. The number of nitrogens with zero attached hydrogens (tertiary/aromatic N) is 6. The Hall–Kier alpha value is -4.85. The fourth-order valence-electron chi connectivity index (χ4n) is 9.96. The molecule has 2 aromatic carbocycles. The van der Waals surface area contributed by atoms with Gasteiger partial charge < -0.3 is 24.8 Å². The zero-order valence-electron chi connectivity index (χ0n) is 32.1. The number of hydrogen-bond acceptors (Lipinski definition) is 12. The van der Waals surface area contributed by atoms with Crippen molar-refractivity contribution in [3.05, 3.63) is 46.5 Å². The Labute approximate surface area is 341 Å². The number of nitrogen functional groups attached to an aromatic ring is 1. The third-order valence-corrected chi connectivity index (χ3v) is 13.9. The molecule has 17 heteroatoms. The van der Waals surface area contributed by atoms with Gasteiger partial charge in [0, 0.05) is 42.9 Å². The zero-order chi connectivity index (χ0) is 40.9. The molecule has 304 valence electrons. The Kier molecular flexibility index (Phi) is 9.44. The minimum atomic E-state index is -1.12. The number of nitrogens with two attached hydrogens (primary N) is 1. The van der Waals surface area contributed by atoms with Gasteiger partial charge in [0.2, 0.25) is 6.29 Å². The van der Waals surface area contributed by atoms with E-state index in [1.54, 1.807) is 18.7 Å². The minimum Gasteiger partial charge on any atom is -0.461 e. The highest BCUT2D eigenvalue weighted by molar-refractivity contribution is 7.23. The summed E-state index contributed by atoms with van der Waals surface area (Å²) in [5.74, 6) is -2.03. The van der Waals surface area contributed by atoms with E-state index < -0.39 is 59.7 Å². The molecule has 4 saturated heterocycles. The summed E-state index contributed by atoms with van der Waals surface area (Å²) in [4.78, 5) is 41.5. The number of carbonyl (C=O) groups is 2. The molecular weight excluding hydrogens is 795 g/mol. The standard InChI is InChI=1S/C41H41ClF3N7O5S/c1-18(2)38(53)56-20(4)57-40(54)52-22-6-9-26(52)27-12-19(3)28-31-34(33(45)30(32(28)42)23-7-8-25(44)35-29(23)24(14-46)36(47)58-35)48-39(49-37(31)51(27)16-22)55-17-41-10-5-11-50(41)15-21(43)13-41/h7-8,18,20-22,26-27H,3,5-6,9-13,15-17,47H2,1-2,4H3/t20?,21-,22-,26?,27-,41+/m1/s1. The van der Waals surface area contributed by atoms with Gasteiger partial charge in [-0.05, 0) is 55.9 Å². The van der Waals surface area contributed by atoms with Gasteiger partial charge in [0.05, 0.1) is 50.3 Å². The zero-order valence-corrected chi connectivity index (χ0v) is 33.7. The van der Waals surface area contributed by atoms with Crippen molar-refractivity contribution in [2.45, 2.75) is 95.4 Å². The molecule has 2 aromatic heterocycles. The van der Waals surface area contributed by atoms with E-state index >= 15 is 8.78 Å². The number of alkyl halides is 1. The van der Waals surface area contributed by atoms with Crippen molar-refractivity contribution < 1.29 is 37.0 Å². The maximum Gasteiger partial charge on any atom is 0.413 e. The molecule has 1 amide bonds. The fourth-order valence-corrected chi connectivity index (χ4v) is 11.3. The first-order chi connectivity index (χ1) is 27.7. The lowest BCUT2D eigenvalue weighted by Crippen LogP contribution is -2.61. The van der Waals surface area contributed by atoms with Crippen LogP contribution in [0.5, 0.6) is 6.01 Å². The Bertz CT molecular complexity index is 2480. The number of aromatic nitrogens is 2. The second kappa shape index (κ2) is 14.2. The third-order valence-electron chi connectivity index (χ3n) is 12.5. The molecule has 7 heterocycles. The van der Waals surface area contributed by atoms with Crippen LogP contribution in [0.3, 0.4) is 0 Å². The second-order valence-electron chi connectivity index (χ2n) is 16.3. The van der Waals surface area contributed by atoms with Crippen molar-refractivity contribution >= 4 is 72.4 Å². The number of halogens is 4. The van der Waals surface area contributed by atoms with Crippen LogP contribution < -0.4 is 15.4 Å². The minimum absolute atomic E-state index is 0.00122. The van der Waals surface area contributed by atoms with Crippen molar-refractivity contribution in [2.24, 2.45) is 5.92 Å². The lowest BCUT2D eigenvalue weighted by atomic mass is 9.90. The SMILES string of the molecule is C=C1C[C@@H]2C3CC[C@H](CN2c2nc(OC[C@@]45CCCN4C[C@H](F)C5)nc4c(F)c(-c5ccc(F)c6sc(N)c(C#N)c56)c(Cl)c1c24)N3C(=O)OC(C)OC(=O)C(C)C. The van der Waals surface area contributed by atoms with Gasteiger partial charge in [-0.25, -0.2) is 18.0 Å². The molecule has 0 radical (unpaired) electrons. The Morgan fingerprint density at radius 3 is 2.69 bits per heavy atom. The number of fused-ring (bicyclic) bond motifs is 7. The number of nitriles is 1. The first-order valence-corrected chi connectivity index (χ1v) is 20.7. The highest BCUT2D eigenvalue weighted by Gasteiger charge is 2.52. The molecule has 9 rings (SSSR count). The number of benzene rings is 2. The van der Waals surface area contributed by atoms with Crippen LogP contribution in [0.15, 0.2) is 18.7 Å². The van der Waals surface area contributed by atoms with Gasteiger partial charge in [-0.3, -0.25) is 14.6 Å². The van der Waals surface area contributed by atoms with Crippen LogP contribution in [0.25, 0.3) is 37.7 Å². The number of ether oxygens (including phenoxy) is 3. The average molecular weight is 836 g/mol. The number of anilines is 2. The second-order valence-corrected chi connectivity index (χ2v) is 17.8. The summed E-state index contributed by atoms with van der Waals surface area (Å²) in [6, 6.07) is 3.31. The van der Waals surface area contributed by atoms with E-state index in [4.69, 9.17) is 36.5 Å². The predicted octanol–water partition coefficient (Wildman–Crippen LogP) is 7.97. The number of rotatable bonds is 7. The van der Waals surface area contributed by atoms with Crippen LogP contribution in [0.2, 0.25) is 5.02 Å². The Morgan fingerprint density at radius 2 is 1.93 bits per heavy atom. The normalized spacial score (nSPS) is 25.5. The summed E-state index contributed by atoms with van der Waals surface area (Å²) in [5.41, 5.74) is 6.43. The lowest BCUT2D eigenvalue weighted by molar-refractivity contribution is -0.170. The van der Waals surface area contributed by atoms with E-state index in [0.29, 0.717) is 48.1 Å². The number of thiophene rings is 1. The van der Waals surface area contributed by atoms with Gasteiger partial charge in [-0.15, -0.1) is 11.3 Å². The first kappa shape index (κ1) is 38.7. The van der Waals surface area contributed by atoms with Gasteiger partial charge in [0.25, 0.3) is 0 Å². The van der Waals surface area contributed by atoms with Crippen LogP contribution in [0, 0.1) is 28.9 Å². The summed E-state index contributed by atoms with van der Waals surface area (Å²) in [6.07, 6.45) is 0.718. The van der Waals surface area contributed by atoms with Gasteiger partial charge >= 0.3 is 18.1 Å². The summed E-state index contributed by atoms with van der Waals surface area (Å²) in [6.45, 7) is 10.8. The topological polar surface area (TPSA) is 147 Å². The van der Waals surface area contributed by atoms with Gasteiger partial charge in [-0.2, -0.15) is 15.2 Å². The van der Waals surface area contributed by atoms with E-state index in [1.807, 2.05) is 11.0 Å². The number of piperazine rings is 1. The molecule has 5 aliphatic rings. The van der Waals surface area contributed by atoms with Crippen molar-refractivity contribution in [3.8, 4) is 23.2 Å². The largest absolute Gasteiger partial charge is 0.461 e. The number of amides is 1. The third kappa shape index (κ3) is 5.94. The number of hydrogen-bond donors (Lipinski definition) is 1. The van der Waals surface area contributed by atoms with Crippen molar-refractivity contribution in [1.29, 1.82) is 5.26 Å². The molecule has 0 spiro atoms. The fraction of sp³-hybridized carbons (Fsp3) is 0.488. The summed E-state index contributed by atoms with van der Waals surface area (Å²) >= 11 is 8.19. The van der Waals surface area contributed by atoms with Crippen molar-refractivity contribution in [2.75, 3.05) is 36.9 Å². The average Bonchev–Trinajstić information content (AvgIpc) is 3.89. The smallest absolute Gasteiger partial charge is 0.413 e. The molecule has 4 fully saturated rings. The molecule has 12 nitrogen and oxygen atoms in total. The predicted molar refractivity (Wildman–Crippen MR) is 213 cm³/mol. The highest BCUT2D eigenvalue weighted by atomic mass is 35.5. The molecule has 2 N–H and O–H groups in total. The highest BCUT2D eigenvalue weighted by Crippen LogP contribution is 2.53. The van der Waals surface area contributed by atoms with Crippen molar-refractivity contribution in [3.63, 3.8) is 0 Å². The number of esters is 1. The van der Waals surface area contributed by atoms with E-state index in [0.717, 1.165) is 30.7 Å². The van der Waals surface area contributed by atoms with Gasteiger partial charge in [0.1, 0.15) is 41.0 Å². The molecule has 0 saturated carbocycles. The summed E-state index contributed by atoms with van der Waals surface area (Å²) in [7, 11) is 0. The molecule has 58 heavy (non-hydrogen) atoms. The van der Waals surface area contributed by atoms with Crippen LogP contribution in [0.1, 0.15) is 70.4 Å². The molecule has 0 aliphatic carbocycles. The Balaban J connectivity index is 1.18. The van der Waals surface area contributed by atoms with E-state index in [-0.39, 0.29) is 73.9 Å². The molecule has 6 atom stereocenters. The first-order valence-electron chi connectivity index (χ1n) is 19.5. The quantitative estimate of drug-likeness (QED) is 0.143. The van der Waals surface area contributed by atoms with Crippen molar-refractivity contribution in [1.82, 2.24) is 19.8 Å². The van der Waals surface area contributed by atoms with Gasteiger partial charge in [-0.1, -0.05) is 38.1 Å². The summed E-state index contributed by atoms with van der Waals surface area (Å²) in [5, 5.41) is 10.6. The van der Waals surface area contributed by atoms with E-state index in [1.165, 1.54) is 19.1 Å². The van der Waals surface area contributed by atoms with Crippen LogP contribution >= 0.6 is 22.9 Å². The van der Waals surface area contributed by atoms with E-state index in [9.17, 15) is 19.2 Å². The molecule has 5 aliphatic heterocycles. The van der Waals surface area contributed by atoms with Gasteiger partial charge in [0.15, 0.2) is 5.82 Å². The number of carbonyl (C=O) groups excluding carboxylic acids is 2. The van der Waals surface area contributed by atoms with E-state index in [2.05, 4.69) is 16.5 Å².